The minimum atomic E-state index is -3.74. The number of primary sulfonamides is 1. The average molecular weight is 212 g/mol. The van der Waals surface area contributed by atoms with Gasteiger partial charge in [0.05, 0.1) is 11.9 Å². The van der Waals surface area contributed by atoms with E-state index < -0.39 is 10.0 Å². The summed E-state index contributed by atoms with van der Waals surface area (Å²) in [5.74, 6) is 0. The quantitative estimate of drug-likeness (QED) is 0.701. The molecule has 0 fully saturated rings. The number of hydrogen-bond donors (Lipinski definition) is 1. The number of nitrogens with two attached hydrogens (primary N) is 1. The fraction of sp³-hybridized carbons (Fsp3) is 0.143. The highest BCUT2D eigenvalue weighted by Crippen LogP contribution is 2.06. The maximum Gasteiger partial charge on any atom is 0.257 e. The Morgan fingerprint density at radius 2 is 2.14 bits per heavy atom. The molecule has 0 aliphatic heterocycles. The first-order chi connectivity index (χ1) is 6.47. The fourth-order valence-electron chi connectivity index (χ4n) is 1.15. The minimum absolute atomic E-state index is 0.164. The van der Waals surface area contributed by atoms with Gasteiger partial charge in [-0.05, 0) is 6.92 Å². The maximum absolute atomic E-state index is 11.0. The van der Waals surface area contributed by atoms with Crippen molar-refractivity contribution >= 4 is 15.7 Å². The van der Waals surface area contributed by atoms with E-state index >= 15 is 0 Å². The highest BCUT2D eigenvalue weighted by Gasteiger charge is 2.10. The Morgan fingerprint density at radius 1 is 1.43 bits per heavy atom. The molecule has 0 atom stereocenters. The Balaban J connectivity index is 2.74. The Bertz CT molecular complexity index is 587. The van der Waals surface area contributed by atoms with Crippen molar-refractivity contribution in [2.24, 2.45) is 5.14 Å². The van der Waals surface area contributed by atoms with Crippen molar-refractivity contribution in [2.45, 2.75) is 11.9 Å². The van der Waals surface area contributed by atoms with Crippen LogP contribution in [0.15, 0.2) is 23.6 Å². The number of hydrogen-bond acceptors (Lipinski definition) is 4. The molecule has 0 saturated heterocycles. The molecule has 0 aliphatic carbocycles. The molecule has 2 N–H and O–H groups in total. The number of sulfonamides is 1. The van der Waals surface area contributed by atoms with Crippen LogP contribution in [0.3, 0.4) is 0 Å². The Morgan fingerprint density at radius 3 is 2.79 bits per heavy atom. The van der Waals surface area contributed by atoms with E-state index in [4.69, 9.17) is 5.14 Å². The zero-order valence-electron chi connectivity index (χ0n) is 7.38. The first-order valence-electron chi connectivity index (χ1n) is 3.81. The minimum Gasteiger partial charge on any atom is -0.303 e. The van der Waals surface area contributed by atoms with Gasteiger partial charge in [-0.1, -0.05) is 0 Å². The molecule has 0 amide bonds. The first kappa shape index (κ1) is 9.10. The lowest BCUT2D eigenvalue weighted by molar-refractivity contribution is 0.593. The number of aryl methyl sites for hydroxylation is 1. The summed E-state index contributed by atoms with van der Waals surface area (Å²) in [6.07, 6.45) is 4.41. The van der Waals surface area contributed by atoms with Crippen LogP contribution in [-0.2, 0) is 10.0 Å². The Labute approximate surface area is 80.5 Å². The summed E-state index contributed by atoms with van der Waals surface area (Å²) in [4.78, 5) is 7.80. The summed E-state index contributed by atoms with van der Waals surface area (Å²) in [7, 11) is -3.74. The van der Waals surface area contributed by atoms with Gasteiger partial charge in [-0.15, -0.1) is 0 Å². The molecule has 2 aromatic heterocycles. The van der Waals surface area contributed by atoms with Gasteiger partial charge in [0.15, 0.2) is 10.7 Å². The second-order valence-electron chi connectivity index (χ2n) is 2.92. The standard InChI is InChI=1S/C7H8N4O2S/c1-5-3-11-4-7(14(8,12)13)9-2-6(11)10-5/h2-4H,1H3,(H2,8,12,13). The number of rotatable bonds is 1. The topological polar surface area (TPSA) is 90.3 Å². The van der Waals surface area contributed by atoms with Crippen LogP contribution in [0.25, 0.3) is 5.65 Å². The Hall–Kier alpha value is -1.47. The van der Waals surface area contributed by atoms with E-state index in [0.29, 0.717) is 5.65 Å². The second kappa shape index (κ2) is 2.76. The molecule has 2 aromatic rings. The van der Waals surface area contributed by atoms with Crippen molar-refractivity contribution in [1.82, 2.24) is 14.4 Å². The molecule has 0 unspecified atom stereocenters. The van der Waals surface area contributed by atoms with Crippen LogP contribution in [0.5, 0.6) is 0 Å². The van der Waals surface area contributed by atoms with Crippen molar-refractivity contribution in [3.63, 3.8) is 0 Å². The van der Waals surface area contributed by atoms with Crippen molar-refractivity contribution in [1.29, 1.82) is 0 Å². The van der Waals surface area contributed by atoms with Crippen LogP contribution in [0.1, 0.15) is 5.69 Å². The number of imidazole rings is 1. The highest BCUT2D eigenvalue weighted by molar-refractivity contribution is 7.89. The molecule has 0 aliphatic rings. The van der Waals surface area contributed by atoms with Crippen LogP contribution in [0, 0.1) is 6.92 Å². The van der Waals surface area contributed by atoms with Gasteiger partial charge in [-0.2, -0.15) is 0 Å². The van der Waals surface area contributed by atoms with Crippen molar-refractivity contribution in [3.05, 3.63) is 24.3 Å². The van der Waals surface area contributed by atoms with Crippen molar-refractivity contribution in [3.8, 4) is 0 Å². The molecule has 7 heteroatoms. The van der Waals surface area contributed by atoms with Gasteiger partial charge in [0, 0.05) is 12.4 Å². The van der Waals surface area contributed by atoms with Crippen LogP contribution >= 0.6 is 0 Å². The van der Waals surface area contributed by atoms with E-state index in [1.54, 1.807) is 10.6 Å². The van der Waals surface area contributed by atoms with Crippen LogP contribution < -0.4 is 5.14 Å². The SMILES string of the molecule is Cc1cn2cc(S(N)(=O)=O)ncc2n1. The van der Waals surface area contributed by atoms with E-state index in [9.17, 15) is 8.42 Å². The molecule has 2 rings (SSSR count). The first-order valence-corrected chi connectivity index (χ1v) is 5.35. The van der Waals surface area contributed by atoms with Crippen molar-refractivity contribution < 1.29 is 8.42 Å². The fourth-order valence-corrected chi connectivity index (χ4v) is 1.61. The van der Waals surface area contributed by atoms with Crippen molar-refractivity contribution in [2.75, 3.05) is 0 Å². The lowest BCUT2D eigenvalue weighted by Gasteiger charge is -1.97. The van der Waals surface area contributed by atoms with E-state index in [1.807, 2.05) is 6.92 Å². The van der Waals surface area contributed by atoms with Gasteiger partial charge in [0.1, 0.15) is 0 Å². The van der Waals surface area contributed by atoms with Crippen LogP contribution in [-0.4, -0.2) is 22.8 Å². The summed E-state index contributed by atoms with van der Waals surface area (Å²) >= 11 is 0. The predicted molar refractivity (Wildman–Crippen MR) is 49.1 cm³/mol. The highest BCUT2D eigenvalue weighted by atomic mass is 32.2. The number of nitrogens with zero attached hydrogens (tertiary/aromatic N) is 3. The molecule has 0 saturated carbocycles. The third kappa shape index (κ3) is 1.47. The number of fused-ring (bicyclic) bond motifs is 1. The van der Waals surface area contributed by atoms with E-state index in [2.05, 4.69) is 9.97 Å². The van der Waals surface area contributed by atoms with Crippen LogP contribution in [0.2, 0.25) is 0 Å². The van der Waals surface area contributed by atoms with Gasteiger partial charge in [0.2, 0.25) is 0 Å². The van der Waals surface area contributed by atoms with Gasteiger partial charge in [-0.3, -0.25) is 0 Å². The molecule has 2 heterocycles. The smallest absolute Gasteiger partial charge is 0.257 e. The second-order valence-corrected chi connectivity index (χ2v) is 4.43. The summed E-state index contributed by atoms with van der Waals surface area (Å²) in [6, 6.07) is 0. The normalized spacial score (nSPS) is 12.1. The monoisotopic (exact) mass is 212 g/mol. The third-order valence-corrected chi connectivity index (χ3v) is 2.52. The van der Waals surface area contributed by atoms with E-state index in [1.165, 1.54) is 12.4 Å². The molecule has 6 nitrogen and oxygen atoms in total. The summed E-state index contributed by atoms with van der Waals surface area (Å²) < 4.78 is 23.5. The largest absolute Gasteiger partial charge is 0.303 e. The lowest BCUT2D eigenvalue weighted by Crippen LogP contribution is -2.14. The molecule has 14 heavy (non-hydrogen) atoms. The lowest BCUT2D eigenvalue weighted by atomic mass is 10.6. The third-order valence-electron chi connectivity index (χ3n) is 1.73. The van der Waals surface area contributed by atoms with Gasteiger partial charge < -0.3 is 4.40 Å². The zero-order valence-corrected chi connectivity index (χ0v) is 8.19. The molecule has 0 radical (unpaired) electrons. The van der Waals surface area contributed by atoms with Crippen LogP contribution in [0.4, 0.5) is 0 Å². The summed E-state index contributed by atoms with van der Waals surface area (Å²) in [6.45, 7) is 1.81. The zero-order chi connectivity index (χ0) is 10.3. The van der Waals surface area contributed by atoms with Gasteiger partial charge >= 0.3 is 0 Å². The summed E-state index contributed by atoms with van der Waals surface area (Å²) in [5.41, 5.74) is 1.38. The van der Waals surface area contributed by atoms with Gasteiger partial charge in [0.25, 0.3) is 10.0 Å². The van der Waals surface area contributed by atoms with E-state index in [0.717, 1.165) is 5.69 Å². The molecular weight excluding hydrogens is 204 g/mol. The van der Waals surface area contributed by atoms with Gasteiger partial charge in [-0.25, -0.2) is 23.5 Å². The molecule has 74 valence electrons. The van der Waals surface area contributed by atoms with E-state index in [-0.39, 0.29) is 5.03 Å². The molecular formula is C7H8N4O2S. The summed E-state index contributed by atoms with van der Waals surface area (Å²) in [5, 5.41) is 4.77. The predicted octanol–water partition coefficient (Wildman–Crippen LogP) is -0.315. The maximum atomic E-state index is 11.0. The molecule has 0 spiro atoms. The average Bonchev–Trinajstić information content (AvgIpc) is 2.41. The molecule has 0 aromatic carbocycles. The number of aromatic nitrogens is 3. The Kier molecular flexibility index (Phi) is 1.79. The molecule has 0 bridgehead atoms.